The fraction of sp³-hybridized carbons (Fsp3) is 0.333. The van der Waals surface area contributed by atoms with Gasteiger partial charge in [0.2, 0.25) is 0 Å². The molecule has 1 aromatic heterocycles. The molecule has 1 aliphatic heterocycles. The lowest BCUT2D eigenvalue weighted by molar-refractivity contribution is 0.122. The second-order valence-corrected chi connectivity index (χ2v) is 6.54. The third-order valence-corrected chi connectivity index (χ3v) is 4.86. The molecule has 146 valence electrons. The van der Waals surface area contributed by atoms with Gasteiger partial charge in [0.15, 0.2) is 0 Å². The molecule has 0 amide bonds. The van der Waals surface area contributed by atoms with Gasteiger partial charge in [0.1, 0.15) is 40.7 Å². The second-order valence-electron chi connectivity index (χ2n) is 6.54. The molecule has 8 nitrogen and oxygen atoms in total. The Morgan fingerprint density at radius 3 is 2.55 bits per heavy atom. The average Bonchev–Trinajstić information content (AvgIpc) is 2.77. The first-order valence-corrected chi connectivity index (χ1v) is 9.11. The lowest BCUT2D eigenvalue weighted by Crippen LogP contribution is -2.37. The van der Waals surface area contributed by atoms with E-state index in [2.05, 4.69) is 17.1 Å². The Bertz CT molecular complexity index is 1030. The van der Waals surface area contributed by atoms with Crippen molar-refractivity contribution >= 4 is 11.6 Å². The highest BCUT2D eigenvalue weighted by atomic mass is 16.5. The van der Waals surface area contributed by atoms with Crippen LogP contribution in [-0.4, -0.2) is 38.4 Å². The Kier molecular flexibility index (Phi) is 6.14. The van der Waals surface area contributed by atoms with Crippen molar-refractivity contribution in [2.75, 3.05) is 44.0 Å². The summed E-state index contributed by atoms with van der Waals surface area (Å²) in [5, 5.41) is 29.5. The van der Waals surface area contributed by atoms with E-state index in [1.807, 2.05) is 35.2 Å². The summed E-state index contributed by atoms with van der Waals surface area (Å²) in [5.74, 6) is 0.349. The number of nitrogens with two attached hydrogens (primary N) is 1. The minimum Gasteiger partial charge on any atom is -0.497 e. The van der Waals surface area contributed by atoms with E-state index in [-0.39, 0.29) is 16.9 Å². The molecule has 0 bridgehead atoms. The van der Waals surface area contributed by atoms with Gasteiger partial charge in [0, 0.05) is 18.7 Å². The number of nitrogens with zero attached hydrogens (tertiary/aromatic N) is 5. The Hall–Kier alpha value is -3.80. The number of hydrogen-bond acceptors (Lipinski definition) is 8. The standard InChI is InChI=1S/C21H20N6O2/c1-28-16-4-2-3-14(10-16)9-15(11-22)19-17(12-23)20(25)26-21(18(19)13-24)27-5-7-29-8-6-27/h2-4,10,15H,5-9H2,1H3,(H2,25,26). The minimum atomic E-state index is -0.739. The molecular weight excluding hydrogens is 368 g/mol. The van der Waals surface area contributed by atoms with Crippen molar-refractivity contribution in [1.82, 2.24) is 4.98 Å². The lowest BCUT2D eigenvalue weighted by atomic mass is 9.87. The van der Waals surface area contributed by atoms with E-state index >= 15 is 0 Å². The van der Waals surface area contributed by atoms with Gasteiger partial charge in [0.25, 0.3) is 0 Å². The van der Waals surface area contributed by atoms with Gasteiger partial charge in [-0.05, 0) is 24.1 Å². The maximum absolute atomic E-state index is 9.91. The number of benzene rings is 1. The van der Waals surface area contributed by atoms with Crippen molar-refractivity contribution in [3.63, 3.8) is 0 Å². The number of rotatable bonds is 5. The van der Waals surface area contributed by atoms with Crippen LogP contribution in [0.3, 0.4) is 0 Å². The number of nitrogen functional groups attached to an aromatic ring is 1. The molecule has 0 spiro atoms. The van der Waals surface area contributed by atoms with Crippen LogP contribution in [-0.2, 0) is 11.2 Å². The molecule has 0 radical (unpaired) electrons. The van der Waals surface area contributed by atoms with Crippen molar-refractivity contribution in [2.24, 2.45) is 0 Å². The van der Waals surface area contributed by atoms with E-state index in [1.54, 1.807) is 7.11 Å². The van der Waals surface area contributed by atoms with Gasteiger partial charge < -0.3 is 20.1 Å². The molecule has 2 N–H and O–H groups in total. The van der Waals surface area contributed by atoms with Crippen LogP contribution >= 0.6 is 0 Å². The largest absolute Gasteiger partial charge is 0.497 e. The molecule has 0 saturated carbocycles. The Morgan fingerprint density at radius 2 is 1.93 bits per heavy atom. The highest BCUT2D eigenvalue weighted by Gasteiger charge is 2.28. The second kappa shape index (κ2) is 8.93. The smallest absolute Gasteiger partial charge is 0.149 e. The average molecular weight is 388 g/mol. The minimum absolute atomic E-state index is 0.0221. The molecule has 1 fully saturated rings. The zero-order valence-electron chi connectivity index (χ0n) is 16.1. The molecular formula is C21H20N6O2. The summed E-state index contributed by atoms with van der Waals surface area (Å²) in [7, 11) is 1.57. The van der Waals surface area contributed by atoms with E-state index in [1.165, 1.54) is 0 Å². The number of methoxy groups -OCH3 is 1. The zero-order chi connectivity index (χ0) is 20.8. The number of nitriles is 3. The van der Waals surface area contributed by atoms with E-state index in [4.69, 9.17) is 15.2 Å². The van der Waals surface area contributed by atoms with Gasteiger partial charge in [-0.3, -0.25) is 0 Å². The highest BCUT2D eigenvalue weighted by molar-refractivity contribution is 5.70. The normalized spacial score (nSPS) is 14.3. The third-order valence-electron chi connectivity index (χ3n) is 4.86. The Morgan fingerprint density at radius 1 is 1.21 bits per heavy atom. The summed E-state index contributed by atoms with van der Waals surface area (Å²) >= 11 is 0. The summed E-state index contributed by atoms with van der Waals surface area (Å²) < 4.78 is 10.6. The van der Waals surface area contributed by atoms with Crippen molar-refractivity contribution in [2.45, 2.75) is 12.3 Å². The monoisotopic (exact) mass is 388 g/mol. The number of aromatic nitrogens is 1. The maximum Gasteiger partial charge on any atom is 0.149 e. The van der Waals surface area contributed by atoms with Crippen molar-refractivity contribution in [1.29, 1.82) is 15.8 Å². The first-order chi connectivity index (χ1) is 14.1. The van der Waals surface area contributed by atoms with E-state index in [0.717, 1.165) is 5.56 Å². The summed E-state index contributed by atoms with van der Waals surface area (Å²) in [6.45, 7) is 2.12. The molecule has 2 heterocycles. The highest BCUT2D eigenvalue weighted by Crippen LogP contribution is 2.35. The molecule has 1 unspecified atom stereocenters. The van der Waals surface area contributed by atoms with Crippen LogP contribution in [0.2, 0.25) is 0 Å². The molecule has 1 atom stereocenters. The van der Waals surface area contributed by atoms with E-state index < -0.39 is 5.92 Å². The van der Waals surface area contributed by atoms with Crippen LogP contribution in [0.4, 0.5) is 11.6 Å². The fourth-order valence-electron chi connectivity index (χ4n) is 3.44. The quantitative estimate of drug-likeness (QED) is 0.823. The van der Waals surface area contributed by atoms with Gasteiger partial charge in [-0.15, -0.1) is 0 Å². The number of morpholine rings is 1. The number of hydrogen-bond donors (Lipinski definition) is 1. The number of ether oxygens (including phenoxy) is 2. The van der Waals surface area contributed by atoms with Crippen LogP contribution in [0.15, 0.2) is 24.3 Å². The summed E-state index contributed by atoms with van der Waals surface area (Å²) in [6.07, 6.45) is 0.309. The summed E-state index contributed by atoms with van der Waals surface area (Å²) in [6, 6.07) is 13.8. The first kappa shape index (κ1) is 19.9. The fourth-order valence-corrected chi connectivity index (χ4v) is 3.44. The predicted molar refractivity (Wildman–Crippen MR) is 106 cm³/mol. The lowest BCUT2D eigenvalue weighted by Gasteiger charge is -2.30. The molecule has 1 aliphatic rings. The van der Waals surface area contributed by atoms with Crippen molar-refractivity contribution in [3.05, 3.63) is 46.5 Å². The summed E-state index contributed by atoms with van der Waals surface area (Å²) in [5.41, 5.74) is 7.54. The molecule has 2 aromatic rings. The molecule has 0 aliphatic carbocycles. The molecule has 3 rings (SSSR count). The molecule has 29 heavy (non-hydrogen) atoms. The van der Waals surface area contributed by atoms with E-state index in [0.29, 0.717) is 49.9 Å². The first-order valence-electron chi connectivity index (χ1n) is 9.11. The number of pyridine rings is 1. The molecule has 1 saturated heterocycles. The number of anilines is 2. The maximum atomic E-state index is 9.91. The third kappa shape index (κ3) is 4.06. The van der Waals surface area contributed by atoms with Crippen molar-refractivity contribution < 1.29 is 9.47 Å². The van der Waals surface area contributed by atoms with Gasteiger partial charge in [-0.2, -0.15) is 15.8 Å². The van der Waals surface area contributed by atoms with Crippen LogP contribution in [0.1, 0.15) is 28.2 Å². The SMILES string of the molecule is COc1cccc(CC(C#N)c2c(C#N)c(N)nc(N3CCOCC3)c2C#N)c1. The topological polar surface area (TPSA) is 132 Å². The van der Waals surface area contributed by atoms with Crippen LogP contribution < -0.4 is 15.4 Å². The summed E-state index contributed by atoms with van der Waals surface area (Å²) in [4.78, 5) is 6.23. The van der Waals surface area contributed by atoms with Gasteiger partial charge >= 0.3 is 0 Å². The predicted octanol–water partition coefficient (Wildman–Crippen LogP) is 2.10. The van der Waals surface area contributed by atoms with Gasteiger partial charge in [-0.1, -0.05) is 12.1 Å². The molecule has 8 heteroatoms. The Balaban J connectivity index is 2.12. The Labute approximate surface area is 169 Å². The van der Waals surface area contributed by atoms with Gasteiger partial charge in [-0.25, -0.2) is 4.98 Å². The van der Waals surface area contributed by atoms with Crippen molar-refractivity contribution in [3.8, 4) is 24.0 Å². The van der Waals surface area contributed by atoms with Crippen LogP contribution in [0.5, 0.6) is 5.75 Å². The molecule has 1 aromatic carbocycles. The zero-order valence-corrected chi connectivity index (χ0v) is 16.1. The van der Waals surface area contributed by atoms with Gasteiger partial charge in [0.05, 0.1) is 32.3 Å². The van der Waals surface area contributed by atoms with E-state index in [9.17, 15) is 15.8 Å². The van der Waals surface area contributed by atoms with Crippen LogP contribution in [0, 0.1) is 34.0 Å². The van der Waals surface area contributed by atoms with Crippen LogP contribution in [0.25, 0.3) is 0 Å².